The van der Waals surface area contributed by atoms with E-state index in [0.717, 1.165) is 37.6 Å². The zero-order valence-corrected chi connectivity index (χ0v) is 19.6. The number of nitrogens with zero attached hydrogens (tertiary/aromatic N) is 4. The van der Waals surface area contributed by atoms with Gasteiger partial charge in [-0.05, 0) is 23.6 Å². The molecule has 3 aromatic carbocycles. The van der Waals surface area contributed by atoms with Crippen LogP contribution in [0.4, 0.5) is 5.82 Å². The first-order chi connectivity index (χ1) is 16.3. The summed E-state index contributed by atoms with van der Waals surface area (Å²) in [6.07, 6.45) is -0.0734. The van der Waals surface area contributed by atoms with E-state index in [1.54, 1.807) is 0 Å². The van der Waals surface area contributed by atoms with Crippen LogP contribution in [0, 0.1) is 0 Å². The first kappa shape index (κ1) is 21.6. The summed E-state index contributed by atoms with van der Waals surface area (Å²) >= 11 is 1.22. The van der Waals surface area contributed by atoms with Crippen LogP contribution in [0.1, 0.15) is 35.8 Å². The van der Waals surface area contributed by atoms with E-state index < -0.39 is 0 Å². The molecular weight excluding hydrogens is 428 g/mol. The van der Waals surface area contributed by atoms with E-state index in [0.29, 0.717) is 5.88 Å². The lowest BCUT2D eigenvalue weighted by Crippen LogP contribution is -2.48. The van der Waals surface area contributed by atoms with Crippen LogP contribution in [0.15, 0.2) is 91.0 Å². The van der Waals surface area contributed by atoms with Crippen LogP contribution in [0.25, 0.3) is 0 Å². The van der Waals surface area contributed by atoms with Crippen molar-refractivity contribution in [2.75, 3.05) is 31.1 Å². The molecule has 0 aliphatic carbocycles. The highest BCUT2D eigenvalue weighted by Crippen LogP contribution is 2.33. The molecule has 0 spiro atoms. The fourth-order valence-electron chi connectivity index (χ4n) is 4.48. The largest absolute Gasteiger partial charge is 0.467 e. The van der Waals surface area contributed by atoms with Crippen molar-refractivity contribution in [1.29, 1.82) is 0 Å². The van der Waals surface area contributed by atoms with Crippen molar-refractivity contribution in [3.05, 3.63) is 108 Å². The fourth-order valence-corrected chi connectivity index (χ4v) is 4.99. The minimum absolute atomic E-state index is 0.0734. The van der Waals surface area contributed by atoms with E-state index in [1.807, 2.05) is 18.2 Å². The topological polar surface area (TPSA) is 41.5 Å². The summed E-state index contributed by atoms with van der Waals surface area (Å²) in [4.78, 5) is 4.87. The maximum Gasteiger partial charge on any atom is 0.271 e. The Morgan fingerprint density at radius 2 is 1.21 bits per heavy atom. The summed E-state index contributed by atoms with van der Waals surface area (Å²) in [5, 5.41) is 0. The molecule has 0 N–H and O–H groups in total. The number of hydrogen-bond acceptors (Lipinski definition) is 6. The molecular formula is C27H28N4OS. The molecule has 1 saturated heterocycles. The van der Waals surface area contributed by atoms with Crippen molar-refractivity contribution in [1.82, 2.24) is 13.6 Å². The van der Waals surface area contributed by atoms with Gasteiger partial charge in [0.05, 0.1) is 17.8 Å². The van der Waals surface area contributed by atoms with E-state index in [9.17, 15) is 0 Å². The Morgan fingerprint density at radius 3 is 1.76 bits per heavy atom. The molecule has 6 heteroatoms. The molecule has 33 heavy (non-hydrogen) atoms. The van der Waals surface area contributed by atoms with Gasteiger partial charge in [-0.15, -0.1) is 4.37 Å². The third-order valence-corrected chi connectivity index (χ3v) is 6.71. The summed E-state index contributed by atoms with van der Waals surface area (Å²) in [5.74, 6) is 1.49. The number of aromatic nitrogens is 2. The lowest BCUT2D eigenvalue weighted by atomic mass is 9.96. The zero-order valence-electron chi connectivity index (χ0n) is 18.7. The summed E-state index contributed by atoms with van der Waals surface area (Å²) < 4.78 is 15.3. The lowest BCUT2D eigenvalue weighted by Gasteiger charge is -2.40. The first-order valence-corrected chi connectivity index (χ1v) is 12.2. The predicted octanol–water partition coefficient (Wildman–Crippen LogP) is 5.59. The van der Waals surface area contributed by atoms with Gasteiger partial charge in [0.1, 0.15) is 6.10 Å². The van der Waals surface area contributed by atoms with E-state index >= 15 is 0 Å². The Bertz CT molecular complexity index is 1090. The molecule has 2 heterocycles. The highest BCUT2D eigenvalue weighted by Gasteiger charge is 2.29. The van der Waals surface area contributed by atoms with Crippen LogP contribution in [-0.2, 0) is 0 Å². The van der Waals surface area contributed by atoms with E-state index in [1.165, 1.54) is 22.9 Å². The summed E-state index contributed by atoms with van der Waals surface area (Å²) in [5.41, 5.74) is 3.79. The van der Waals surface area contributed by atoms with E-state index in [2.05, 4.69) is 98.3 Å². The molecule has 1 atom stereocenters. The van der Waals surface area contributed by atoms with Crippen LogP contribution in [0.3, 0.4) is 0 Å². The third-order valence-electron chi connectivity index (χ3n) is 6.21. The van der Waals surface area contributed by atoms with Crippen LogP contribution in [0.5, 0.6) is 5.88 Å². The van der Waals surface area contributed by atoms with Gasteiger partial charge in [0.2, 0.25) is 5.82 Å². The van der Waals surface area contributed by atoms with Gasteiger partial charge in [-0.3, -0.25) is 4.90 Å². The monoisotopic (exact) mass is 456 g/mol. The Morgan fingerprint density at radius 1 is 0.697 bits per heavy atom. The smallest absolute Gasteiger partial charge is 0.271 e. The molecule has 5 nitrogen and oxygen atoms in total. The summed E-state index contributed by atoms with van der Waals surface area (Å²) in [7, 11) is 0. The number of benzene rings is 3. The quantitative estimate of drug-likeness (QED) is 0.363. The molecule has 0 radical (unpaired) electrons. The first-order valence-electron chi connectivity index (χ1n) is 11.4. The van der Waals surface area contributed by atoms with Gasteiger partial charge in [-0.1, -0.05) is 91.0 Å². The number of rotatable bonds is 7. The highest BCUT2D eigenvalue weighted by molar-refractivity contribution is 6.99. The molecule has 5 rings (SSSR count). The van der Waals surface area contributed by atoms with Crippen molar-refractivity contribution in [2.45, 2.75) is 19.1 Å². The van der Waals surface area contributed by atoms with E-state index in [4.69, 9.17) is 4.74 Å². The van der Waals surface area contributed by atoms with Gasteiger partial charge in [0, 0.05) is 26.2 Å². The highest BCUT2D eigenvalue weighted by atomic mass is 32.1. The van der Waals surface area contributed by atoms with Crippen LogP contribution < -0.4 is 9.64 Å². The second kappa shape index (κ2) is 10.1. The molecule has 1 aliphatic heterocycles. The summed E-state index contributed by atoms with van der Waals surface area (Å²) in [6.45, 7) is 5.72. The zero-order chi connectivity index (χ0) is 22.5. The minimum atomic E-state index is -0.0734. The molecule has 4 aromatic rings. The fraction of sp³-hybridized carbons (Fsp3) is 0.259. The van der Waals surface area contributed by atoms with Crippen LogP contribution in [0.2, 0.25) is 0 Å². The average molecular weight is 457 g/mol. The van der Waals surface area contributed by atoms with Crippen molar-refractivity contribution < 1.29 is 4.74 Å². The van der Waals surface area contributed by atoms with Gasteiger partial charge in [0.25, 0.3) is 5.88 Å². The van der Waals surface area contributed by atoms with Crippen molar-refractivity contribution in [3.8, 4) is 5.88 Å². The minimum Gasteiger partial charge on any atom is -0.467 e. The Balaban J connectivity index is 1.30. The third kappa shape index (κ3) is 4.92. The van der Waals surface area contributed by atoms with Crippen molar-refractivity contribution >= 4 is 17.5 Å². The lowest BCUT2D eigenvalue weighted by molar-refractivity contribution is 0.205. The standard InChI is InChI=1S/C27H28N4OS/c1-21(22-11-5-2-6-12-22)32-27-26(28-33-29-27)31-19-17-30(18-20-31)25(23-13-7-3-8-14-23)24-15-9-4-10-16-24/h2-16,21,25H,17-20H2,1H3. The maximum atomic E-state index is 6.22. The number of piperazine rings is 1. The maximum absolute atomic E-state index is 6.22. The molecule has 1 fully saturated rings. The molecule has 1 unspecified atom stereocenters. The molecule has 0 bridgehead atoms. The number of hydrogen-bond donors (Lipinski definition) is 0. The van der Waals surface area contributed by atoms with Gasteiger partial charge in [0.15, 0.2) is 0 Å². The average Bonchev–Trinajstić information content (AvgIpc) is 3.34. The Hall–Kier alpha value is -3.22. The molecule has 168 valence electrons. The molecule has 1 aromatic heterocycles. The van der Waals surface area contributed by atoms with Crippen molar-refractivity contribution in [3.63, 3.8) is 0 Å². The molecule has 0 amide bonds. The SMILES string of the molecule is CC(Oc1nsnc1N1CCN(C(c2ccccc2)c2ccccc2)CC1)c1ccccc1. The Labute approximate surface area is 199 Å². The Kier molecular flexibility index (Phi) is 6.65. The van der Waals surface area contributed by atoms with Gasteiger partial charge in [-0.25, -0.2) is 0 Å². The number of ether oxygens (including phenoxy) is 1. The van der Waals surface area contributed by atoms with Gasteiger partial charge in [-0.2, -0.15) is 4.37 Å². The molecule has 1 aliphatic rings. The van der Waals surface area contributed by atoms with E-state index in [-0.39, 0.29) is 12.1 Å². The molecule has 0 saturated carbocycles. The number of anilines is 1. The normalized spacial score (nSPS) is 15.5. The van der Waals surface area contributed by atoms with Gasteiger partial charge < -0.3 is 9.64 Å². The second-order valence-electron chi connectivity index (χ2n) is 8.31. The summed E-state index contributed by atoms with van der Waals surface area (Å²) in [6, 6.07) is 32.1. The predicted molar refractivity (Wildman–Crippen MR) is 134 cm³/mol. The van der Waals surface area contributed by atoms with Gasteiger partial charge >= 0.3 is 0 Å². The van der Waals surface area contributed by atoms with Crippen LogP contribution in [-0.4, -0.2) is 39.8 Å². The second-order valence-corrected chi connectivity index (χ2v) is 8.84. The van der Waals surface area contributed by atoms with Crippen LogP contribution >= 0.6 is 11.7 Å². The van der Waals surface area contributed by atoms with Crippen molar-refractivity contribution in [2.24, 2.45) is 0 Å².